The molecule has 1 aliphatic rings. The van der Waals surface area contributed by atoms with Crippen LogP contribution in [0.15, 0.2) is 23.0 Å². The summed E-state index contributed by atoms with van der Waals surface area (Å²) in [4.78, 5) is 20.7. The van der Waals surface area contributed by atoms with Gasteiger partial charge < -0.3 is 10.8 Å². The molecule has 0 bridgehead atoms. The Balaban J connectivity index is 3.07. The van der Waals surface area contributed by atoms with Gasteiger partial charge in [-0.2, -0.15) is 0 Å². The van der Waals surface area contributed by atoms with Gasteiger partial charge in [-0.05, 0) is 0 Å². The number of nitrogens with zero attached hydrogens (tertiary/aromatic N) is 1. The van der Waals surface area contributed by atoms with Gasteiger partial charge in [0.15, 0.2) is 5.78 Å². The Morgan fingerprint density at radius 3 is 2.69 bits per heavy atom. The molecule has 0 aromatic carbocycles. The number of carbonyl (C=O) groups is 1. The lowest BCUT2D eigenvalue weighted by molar-refractivity contribution is -0.426. The normalized spacial score (nSPS) is 17.3. The maximum Gasteiger partial charge on any atom is 0.256 e. The molecule has 0 spiro atoms. The van der Waals surface area contributed by atoms with Crippen molar-refractivity contribution < 1.29 is 14.8 Å². The van der Waals surface area contributed by atoms with Crippen LogP contribution in [0.4, 0.5) is 0 Å². The summed E-state index contributed by atoms with van der Waals surface area (Å²) in [6, 6.07) is 0. The van der Waals surface area contributed by atoms with E-state index < -0.39 is 17.3 Å². The fraction of sp³-hybridized carbons (Fsp3) is 0.286. The van der Waals surface area contributed by atoms with E-state index in [1.807, 2.05) is 0 Å². The first kappa shape index (κ1) is 9.40. The Morgan fingerprint density at radius 2 is 2.31 bits per heavy atom. The second-order valence-electron chi connectivity index (χ2n) is 2.58. The Labute approximate surface area is 73.5 Å². The standard InChI is InChI=1S/C7H8N2O4/c8-6-1-4(9(12)13)2-7(11)5(6)3-10/h1,10H,2-3,8H2. The zero-order valence-corrected chi connectivity index (χ0v) is 6.69. The zero-order chi connectivity index (χ0) is 10.0. The van der Waals surface area contributed by atoms with Gasteiger partial charge in [-0.1, -0.05) is 0 Å². The van der Waals surface area contributed by atoms with E-state index in [0.717, 1.165) is 6.08 Å². The van der Waals surface area contributed by atoms with E-state index in [2.05, 4.69) is 0 Å². The highest BCUT2D eigenvalue weighted by Crippen LogP contribution is 2.17. The average Bonchev–Trinajstić information content (AvgIpc) is 2.03. The van der Waals surface area contributed by atoms with E-state index in [-0.39, 0.29) is 23.4 Å². The molecule has 0 atom stereocenters. The molecule has 1 aliphatic carbocycles. The summed E-state index contributed by atoms with van der Waals surface area (Å²) >= 11 is 0. The van der Waals surface area contributed by atoms with E-state index in [4.69, 9.17) is 10.8 Å². The molecule has 0 fully saturated rings. The molecule has 6 heteroatoms. The van der Waals surface area contributed by atoms with Crippen LogP contribution in [0, 0.1) is 10.1 Å². The molecule has 0 saturated heterocycles. The highest BCUT2D eigenvalue weighted by Gasteiger charge is 2.25. The molecule has 13 heavy (non-hydrogen) atoms. The highest BCUT2D eigenvalue weighted by molar-refractivity contribution is 5.99. The maximum absolute atomic E-state index is 11.1. The third kappa shape index (κ3) is 1.73. The summed E-state index contributed by atoms with van der Waals surface area (Å²) in [5.41, 5.74) is 5.11. The Kier molecular flexibility index (Phi) is 2.43. The van der Waals surface area contributed by atoms with Crippen LogP contribution in [-0.2, 0) is 4.79 Å². The molecule has 1 rings (SSSR count). The zero-order valence-electron chi connectivity index (χ0n) is 6.69. The molecular weight excluding hydrogens is 176 g/mol. The number of nitro groups is 1. The third-order valence-corrected chi connectivity index (χ3v) is 1.74. The lowest BCUT2D eigenvalue weighted by Crippen LogP contribution is -2.20. The molecule has 0 heterocycles. The fourth-order valence-electron chi connectivity index (χ4n) is 1.05. The number of Topliss-reactive ketones (excluding diaryl/α,β-unsaturated/α-hetero) is 1. The molecule has 6 nitrogen and oxygen atoms in total. The molecule has 0 aliphatic heterocycles. The van der Waals surface area contributed by atoms with Gasteiger partial charge in [0.25, 0.3) is 5.70 Å². The van der Waals surface area contributed by atoms with E-state index in [0.29, 0.717) is 0 Å². The first-order valence-corrected chi connectivity index (χ1v) is 3.54. The number of nitrogens with two attached hydrogens (primary N) is 1. The minimum Gasteiger partial charge on any atom is -0.398 e. The van der Waals surface area contributed by atoms with E-state index in [1.54, 1.807) is 0 Å². The lowest BCUT2D eigenvalue weighted by Gasteiger charge is -2.09. The number of ketones is 1. The average molecular weight is 184 g/mol. The molecule has 0 amide bonds. The van der Waals surface area contributed by atoms with Crippen LogP contribution >= 0.6 is 0 Å². The molecular formula is C7H8N2O4. The number of aliphatic hydroxyl groups is 1. The van der Waals surface area contributed by atoms with Crippen LogP contribution in [0.1, 0.15) is 6.42 Å². The summed E-state index contributed by atoms with van der Waals surface area (Å²) in [5.74, 6) is -0.491. The van der Waals surface area contributed by atoms with Crippen molar-refractivity contribution in [2.24, 2.45) is 5.73 Å². The van der Waals surface area contributed by atoms with Gasteiger partial charge in [0.2, 0.25) is 0 Å². The highest BCUT2D eigenvalue weighted by atomic mass is 16.6. The first-order valence-electron chi connectivity index (χ1n) is 3.54. The van der Waals surface area contributed by atoms with Crippen LogP contribution in [0.3, 0.4) is 0 Å². The van der Waals surface area contributed by atoms with Crippen LogP contribution in [0.5, 0.6) is 0 Å². The van der Waals surface area contributed by atoms with Crippen molar-refractivity contribution in [3.8, 4) is 0 Å². The van der Waals surface area contributed by atoms with Crippen molar-refractivity contribution in [3.05, 3.63) is 33.2 Å². The predicted molar refractivity (Wildman–Crippen MR) is 43.0 cm³/mol. The fourth-order valence-corrected chi connectivity index (χ4v) is 1.05. The van der Waals surface area contributed by atoms with Gasteiger partial charge in [0.05, 0.1) is 11.5 Å². The number of hydrogen-bond donors (Lipinski definition) is 2. The first-order chi connectivity index (χ1) is 6.06. The summed E-state index contributed by atoms with van der Waals surface area (Å²) in [6.45, 7) is -0.480. The number of carbonyl (C=O) groups excluding carboxylic acids is 1. The maximum atomic E-state index is 11.1. The van der Waals surface area contributed by atoms with Crippen LogP contribution in [0.25, 0.3) is 0 Å². The van der Waals surface area contributed by atoms with Gasteiger partial charge in [0, 0.05) is 17.3 Å². The topological polar surface area (TPSA) is 106 Å². The molecule has 0 saturated carbocycles. The smallest absolute Gasteiger partial charge is 0.256 e. The van der Waals surface area contributed by atoms with Crippen molar-refractivity contribution >= 4 is 5.78 Å². The van der Waals surface area contributed by atoms with Crippen LogP contribution in [0.2, 0.25) is 0 Å². The Bertz CT molecular complexity index is 329. The van der Waals surface area contributed by atoms with Crippen molar-refractivity contribution in [2.45, 2.75) is 6.42 Å². The number of allylic oxidation sites excluding steroid dienone is 2. The Hall–Kier alpha value is -1.69. The quantitative estimate of drug-likeness (QED) is 0.437. The van der Waals surface area contributed by atoms with Gasteiger partial charge >= 0.3 is 0 Å². The van der Waals surface area contributed by atoms with Gasteiger partial charge in [-0.25, -0.2) is 0 Å². The summed E-state index contributed by atoms with van der Waals surface area (Å²) in [6.07, 6.45) is 0.802. The molecule has 0 radical (unpaired) electrons. The van der Waals surface area contributed by atoms with E-state index in [9.17, 15) is 14.9 Å². The number of hydrogen-bond acceptors (Lipinski definition) is 5. The van der Waals surface area contributed by atoms with Crippen LogP contribution in [-0.4, -0.2) is 22.4 Å². The predicted octanol–water partition coefficient (Wildman–Crippen LogP) is -0.675. The second kappa shape index (κ2) is 3.36. The van der Waals surface area contributed by atoms with Gasteiger partial charge in [-0.15, -0.1) is 0 Å². The third-order valence-electron chi connectivity index (χ3n) is 1.74. The summed E-state index contributed by atoms with van der Waals surface area (Å²) < 4.78 is 0. The van der Waals surface area contributed by atoms with Crippen LogP contribution < -0.4 is 5.73 Å². The van der Waals surface area contributed by atoms with Crippen molar-refractivity contribution in [1.82, 2.24) is 0 Å². The lowest BCUT2D eigenvalue weighted by atomic mass is 9.99. The molecule has 0 unspecified atom stereocenters. The van der Waals surface area contributed by atoms with E-state index >= 15 is 0 Å². The monoisotopic (exact) mass is 184 g/mol. The SMILES string of the molecule is NC1=C(CO)C(=O)CC([N+](=O)[O-])=C1. The van der Waals surface area contributed by atoms with Crippen molar-refractivity contribution in [1.29, 1.82) is 0 Å². The number of aliphatic hydroxyl groups excluding tert-OH is 1. The number of rotatable bonds is 2. The Morgan fingerprint density at radius 1 is 1.69 bits per heavy atom. The largest absolute Gasteiger partial charge is 0.398 e. The van der Waals surface area contributed by atoms with Gasteiger partial charge in [-0.3, -0.25) is 14.9 Å². The molecule has 0 aromatic rings. The molecule has 0 aromatic heterocycles. The summed E-state index contributed by atoms with van der Waals surface area (Å²) in [5, 5.41) is 19.0. The minimum atomic E-state index is -0.654. The van der Waals surface area contributed by atoms with E-state index in [1.165, 1.54) is 0 Å². The second-order valence-corrected chi connectivity index (χ2v) is 2.58. The molecule has 3 N–H and O–H groups in total. The van der Waals surface area contributed by atoms with Crippen molar-refractivity contribution in [3.63, 3.8) is 0 Å². The summed E-state index contributed by atoms with van der Waals surface area (Å²) in [7, 11) is 0. The molecule has 70 valence electrons. The minimum absolute atomic E-state index is 0.0227. The van der Waals surface area contributed by atoms with Gasteiger partial charge in [0.1, 0.15) is 6.42 Å². The van der Waals surface area contributed by atoms with Crippen molar-refractivity contribution in [2.75, 3.05) is 6.61 Å².